The standard InChI is InChI=1S/C12H13N3O4S/c1-14-11(7-8-13-14)20(18,19)15(9-12(16)17)10-5-3-2-4-6-10/h2-8H,9H2,1H3,(H,16,17). The first-order valence-corrected chi connectivity index (χ1v) is 7.14. The third-order valence-electron chi connectivity index (χ3n) is 2.65. The number of carboxylic acids is 1. The molecular weight excluding hydrogens is 282 g/mol. The van der Waals surface area contributed by atoms with E-state index < -0.39 is 22.5 Å². The fourth-order valence-electron chi connectivity index (χ4n) is 1.76. The summed E-state index contributed by atoms with van der Waals surface area (Å²) in [4.78, 5) is 11.0. The van der Waals surface area contributed by atoms with E-state index in [1.807, 2.05) is 0 Å². The number of aliphatic carboxylic acids is 1. The van der Waals surface area contributed by atoms with Crippen LogP contribution in [-0.2, 0) is 21.9 Å². The van der Waals surface area contributed by atoms with Gasteiger partial charge in [-0.05, 0) is 18.2 Å². The van der Waals surface area contributed by atoms with Crippen LogP contribution >= 0.6 is 0 Å². The SMILES string of the molecule is Cn1nccc1S(=O)(=O)N(CC(=O)O)c1ccccc1. The van der Waals surface area contributed by atoms with Gasteiger partial charge in [0.25, 0.3) is 10.0 Å². The Morgan fingerprint density at radius 2 is 1.95 bits per heavy atom. The summed E-state index contributed by atoms with van der Waals surface area (Å²) >= 11 is 0. The van der Waals surface area contributed by atoms with Crippen LogP contribution in [0, 0.1) is 0 Å². The lowest BCUT2D eigenvalue weighted by molar-refractivity contribution is -0.135. The van der Waals surface area contributed by atoms with Crippen LogP contribution in [0.3, 0.4) is 0 Å². The Morgan fingerprint density at radius 1 is 1.30 bits per heavy atom. The molecule has 0 spiro atoms. The van der Waals surface area contributed by atoms with E-state index >= 15 is 0 Å². The molecule has 0 radical (unpaired) electrons. The van der Waals surface area contributed by atoms with Gasteiger partial charge in [-0.2, -0.15) is 13.5 Å². The maximum atomic E-state index is 12.6. The molecule has 0 aliphatic rings. The van der Waals surface area contributed by atoms with Crippen molar-refractivity contribution in [2.24, 2.45) is 7.05 Å². The van der Waals surface area contributed by atoms with E-state index in [4.69, 9.17) is 5.11 Å². The highest BCUT2D eigenvalue weighted by atomic mass is 32.2. The Balaban J connectivity index is 2.52. The van der Waals surface area contributed by atoms with Gasteiger partial charge < -0.3 is 5.11 Å². The molecule has 0 saturated heterocycles. The molecule has 0 saturated carbocycles. The molecule has 0 fully saturated rings. The average Bonchev–Trinajstić information content (AvgIpc) is 2.83. The number of para-hydroxylation sites is 1. The minimum absolute atomic E-state index is 0.0670. The number of carbonyl (C=O) groups is 1. The van der Waals surface area contributed by atoms with Gasteiger partial charge in [-0.3, -0.25) is 13.8 Å². The molecule has 1 aromatic carbocycles. The van der Waals surface area contributed by atoms with E-state index in [-0.39, 0.29) is 10.7 Å². The molecule has 1 N–H and O–H groups in total. The highest BCUT2D eigenvalue weighted by molar-refractivity contribution is 7.92. The van der Waals surface area contributed by atoms with E-state index in [1.165, 1.54) is 36.1 Å². The molecule has 106 valence electrons. The van der Waals surface area contributed by atoms with Crippen molar-refractivity contribution >= 4 is 21.7 Å². The van der Waals surface area contributed by atoms with Crippen molar-refractivity contribution in [1.82, 2.24) is 9.78 Å². The fraction of sp³-hybridized carbons (Fsp3) is 0.167. The lowest BCUT2D eigenvalue weighted by Crippen LogP contribution is -2.36. The van der Waals surface area contributed by atoms with Crippen molar-refractivity contribution in [2.75, 3.05) is 10.8 Å². The van der Waals surface area contributed by atoms with Crippen molar-refractivity contribution in [1.29, 1.82) is 0 Å². The summed E-state index contributed by atoms with van der Waals surface area (Å²) in [7, 11) is -2.50. The maximum Gasteiger partial charge on any atom is 0.324 e. The maximum absolute atomic E-state index is 12.6. The summed E-state index contributed by atoms with van der Waals surface area (Å²) in [5.41, 5.74) is 0.288. The van der Waals surface area contributed by atoms with Crippen molar-refractivity contribution in [3.8, 4) is 0 Å². The first-order chi connectivity index (χ1) is 9.43. The number of benzene rings is 1. The molecule has 0 atom stereocenters. The van der Waals surface area contributed by atoms with Crippen LogP contribution in [0.15, 0.2) is 47.6 Å². The zero-order chi connectivity index (χ0) is 14.8. The second-order valence-corrected chi connectivity index (χ2v) is 5.84. The normalized spacial score (nSPS) is 11.2. The number of rotatable bonds is 5. The molecule has 1 aromatic heterocycles. The molecule has 0 bridgehead atoms. The molecule has 20 heavy (non-hydrogen) atoms. The third-order valence-corrected chi connectivity index (χ3v) is 4.50. The van der Waals surface area contributed by atoms with E-state index in [0.717, 1.165) is 4.31 Å². The predicted molar refractivity (Wildman–Crippen MR) is 71.8 cm³/mol. The topological polar surface area (TPSA) is 92.5 Å². The number of carboxylic acid groups (broad SMARTS) is 1. The Bertz CT molecular complexity index is 709. The Kier molecular flexibility index (Phi) is 3.75. The highest BCUT2D eigenvalue weighted by Crippen LogP contribution is 2.22. The van der Waals surface area contributed by atoms with Gasteiger partial charge in [-0.25, -0.2) is 0 Å². The summed E-state index contributed by atoms with van der Waals surface area (Å²) in [6.45, 7) is -0.655. The molecule has 0 aliphatic carbocycles. The molecule has 0 amide bonds. The first kappa shape index (κ1) is 14.1. The second kappa shape index (κ2) is 5.33. The van der Waals surface area contributed by atoms with Gasteiger partial charge in [-0.15, -0.1) is 0 Å². The minimum atomic E-state index is -3.98. The Hall–Kier alpha value is -2.35. The third kappa shape index (κ3) is 2.64. The lowest BCUT2D eigenvalue weighted by Gasteiger charge is -2.22. The van der Waals surface area contributed by atoms with Crippen LogP contribution in [0.5, 0.6) is 0 Å². The van der Waals surface area contributed by atoms with Gasteiger partial charge in [0.1, 0.15) is 6.54 Å². The van der Waals surface area contributed by atoms with E-state index in [2.05, 4.69) is 5.10 Å². The van der Waals surface area contributed by atoms with E-state index in [0.29, 0.717) is 0 Å². The molecule has 1 heterocycles. The van der Waals surface area contributed by atoms with Crippen LogP contribution in [0.2, 0.25) is 0 Å². The average molecular weight is 295 g/mol. The number of nitrogens with zero attached hydrogens (tertiary/aromatic N) is 3. The van der Waals surface area contributed by atoms with Crippen LogP contribution in [0.25, 0.3) is 0 Å². The highest BCUT2D eigenvalue weighted by Gasteiger charge is 2.29. The summed E-state index contributed by atoms with van der Waals surface area (Å²) in [6.07, 6.45) is 1.34. The Morgan fingerprint density at radius 3 is 2.45 bits per heavy atom. The van der Waals surface area contributed by atoms with Gasteiger partial charge in [-0.1, -0.05) is 18.2 Å². The largest absolute Gasteiger partial charge is 0.480 e. The monoisotopic (exact) mass is 295 g/mol. The molecular formula is C12H13N3O4S. The van der Waals surface area contributed by atoms with Crippen molar-refractivity contribution in [2.45, 2.75) is 5.03 Å². The van der Waals surface area contributed by atoms with Gasteiger partial charge in [0.15, 0.2) is 5.03 Å². The van der Waals surface area contributed by atoms with Crippen LogP contribution < -0.4 is 4.31 Å². The molecule has 7 nitrogen and oxygen atoms in total. The molecule has 0 unspecified atom stereocenters. The number of hydrogen-bond donors (Lipinski definition) is 1. The zero-order valence-electron chi connectivity index (χ0n) is 10.7. The summed E-state index contributed by atoms with van der Waals surface area (Å²) in [5, 5.41) is 12.7. The number of hydrogen-bond acceptors (Lipinski definition) is 4. The van der Waals surface area contributed by atoms with Gasteiger partial charge >= 0.3 is 5.97 Å². The van der Waals surface area contributed by atoms with Gasteiger partial charge in [0.05, 0.1) is 11.9 Å². The molecule has 2 rings (SSSR count). The Labute approximate surface area is 116 Å². The number of aryl methyl sites for hydroxylation is 1. The van der Waals surface area contributed by atoms with Crippen molar-refractivity contribution in [3.05, 3.63) is 42.6 Å². The summed E-state index contributed by atoms with van der Waals surface area (Å²) in [5.74, 6) is -1.24. The van der Waals surface area contributed by atoms with Crippen molar-refractivity contribution in [3.63, 3.8) is 0 Å². The van der Waals surface area contributed by atoms with Crippen LogP contribution in [0.4, 0.5) is 5.69 Å². The number of anilines is 1. The van der Waals surface area contributed by atoms with Gasteiger partial charge in [0.2, 0.25) is 0 Å². The van der Waals surface area contributed by atoms with Crippen LogP contribution in [0.1, 0.15) is 0 Å². The number of sulfonamides is 1. The summed E-state index contributed by atoms with van der Waals surface area (Å²) < 4.78 is 27.1. The molecule has 2 aromatic rings. The molecule has 8 heteroatoms. The minimum Gasteiger partial charge on any atom is -0.480 e. The first-order valence-electron chi connectivity index (χ1n) is 5.70. The smallest absolute Gasteiger partial charge is 0.324 e. The van der Waals surface area contributed by atoms with Crippen molar-refractivity contribution < 1.29 is 18.3 Å². The second-order valence-electron chi connectivity index (χ2n) is 4.03. The predicted octanol–water partition coefficient (Wildman–Crippen LogP) is 0.700. The summed E-state index contributed by atoms with van der Waals surface area (Å²) in [6, 6.07) is 9.41. The fourth-order valence-corrected chi connectivity index (χ4v) is 3.28. The zero-order valence-corrected chi connectivity index (χ0v) is 11.5. The van der Waals surface area contributed by atoms with Gasteiger partial charge in [0, 0.05) is 7.05 Å². The van der Waals surface area contributed by atoms with Crippen LogP contribution in [-0.4, -0.2) is 35.8 Å². The van der Waals surface area contributed by atoms with E-state index in [9.17, 15) is 13.2 Å². The molecule has 0 aliphatic heterocycles. The lowest BCUT2D eigenvalue weighted by atomic mass is 10.3. The quantitative estimate of drug-likeness (QED) is 0.876. The number of aromatic nitrogens is 2. The van der Waals surface area contributed by atoms with E-state index in [1.54, 1.807) is 18.2 Å².